The Labute approximate surface area is 120 Å². The first-order valence-electron chi connectivity index (χ1n) is 6.15. The Morgan fingerprint density at radius 1 is 1.24 bits per heavy atom. The number of nitrogens with one attached hydrogen (secondary N) is 1. The molecule has 0 aliphatic carbocycles. The summed E-state index contributed by atoms with van der Waals surface area (Å²) in [7, 11) is -4.29. The van der Waals surface area contributed by atoms with E-state index in [0.29, 0.717) is 5.56 Å². The van der Waals surface area contributed by atoms with Crippen molar-refractivity contribution in [2.75, 3.05) is 13.1 Å². The fraction of sp³-hybridized carbons (Fsp3) is 0.500. The Balaban J connectivity index is 2.92. The lowest BCUT2D eigenvalue weighted by Crippen LogP contribution is -2.45. The molecule has 21 heavy (non-hydrogen) atoms. The second-order valence-electron chi connectivity index (χ2n) is 4.37. The first-order chi connectivity index (χ1) is 9.57. The summed E-state index contributed by atoms with van der Waals surface area (Å²) in [4.78, 5) is 0. The van der Waals surface area contributed by atoms with E-state index in [1.807, 2.05) is 0 Å². The van der Waals surface area contributed by atoms with Gasteiger partial charge >= 0.3 is 6.18 Å². The molecule has 0 spiro atoms. The summed E-state index contributed by atoms with van der Waals surface area (Å²) in [6.45, 7) is 1.37. The lowest BCUT2D eigenvalue weighted by Gasteiger charge is -2.27. The van der Waals surface area contributed by atoms with E-state index in [2.05, 4.69) is 0 Å². The van der Waals surface area contributed by atoms with E-state index in [1.165, 1.54) is 30.7 Å². The minimum atomic E-state index is -4.63. The molecule has 0 saturated carbocycles. The summed E-state index contributed by atoms with van der Waals surface area (Å²) in [6, 6.07) is 4.38. The van der Waals surface area contributed by atoms with Crippen LogP contribution in [0.1, 0.15) is 25.5 Å². The summed E-state index contributed by atoms with van der Waals surface area (Å²) < 4.78 is 75.5. The molecule has 0 heterocycles. The maximum atomic E-state index is 12.8. The molecule has 120 valence electrons. The third-order valence-electron chi connectivity index (χ3n) is 2.86. The number of alkyl halides is 3. The predicted molar refractivity (Wildman–Crippen MR) is 70.2 cm³/mol. The fourth-order valence-corrected chi connectivity index (χ4v) is 3.21. The number of rotatable bonds is 6. The molecule has 0 amide bonds. The Bertz CT molecular complexity index is 558. The zero-order valence-electron chi connectivity index (χ0n) is 11.5. The standard InChI is InChI=1S/C12H16F4N2O2S/c1-3-18(21(19,20)17-8-12(14,15)16)9(2)10-4-6-11(13)7-5-10/h4-7,9,17H,3,8H2,1-2H3/t9-/m0/s1. The topological polar surface area (TPSA) is 49.4 Å². The third kappa shape index (κ3) is 5.25. The number of hydrogen-bond donors (Lipinski definition) is 1. The normalized spacial score (nSPS) is 14.4. The molecule has 0 bridgehead atoms. The molecule has 1 aromatic carbocycles. The van der Waals surface area contributed by atoms with Crippen molar-refractivity contribution < 1.29 is 26.0 Å². The van der Waals surface area contributed by atoms with Crippen molar-refractivity contribution in [3.63, 3.8) is 0 Å². The van der Waals surface area contributed by atoms with Crippen LogP contribution in [0.25, 0.3) is 0 Å². The molecule has 0 unspecified atom stereocenters. The van der Waals surface area contributed by atoms with Crippen molar-refractivity contribution in [3.8, 4) is 0 Å². The van der Waals surface area contributed by atoms with E-state index < -0.39 is 34.8 Å². The molecule has 0 aliphatic heterocycles. The van der Waals surface area contributed by atoms with E-state index >= 15 is 0 Å². The molecule has 1 rings (SSSR count). The Kier molecular flexibility index (Phi) is 5.71. The zero-order chi connectivity index (χ0) is 16.3. The largest absolute Gasteiger partial charge is 0.402 e. The van der Waals surface area contributed by atoms with Gasteiger partial charge in [-0.3, -0.25) is 0 Å². The highest BCUT2D eigenvalue weighted by Crippen LogP contribution is 2.23. The number of hydrogen-bond acceptors (Lipinski definition) is 2. The molecule has 0 fully saturated rings. The summed E-state index contributed by atoms with van der Waals surface area (Å²) >= 11 is 0. The van der Waals surface area contributed by atoms with Crippen molar-refractivity contribution in [2.45, 2.75) is 26.1 Å². The first-order valence-corrected chi connectivity index (χ1v) is 7.59. The van der Waals surface area contributed by atoms with Gasteiger partial charge in [0, 0.05) is 12.6 Å². The van der Waals surface area contributed by atoms with Crippen LogP contribution >= 0.6 is 0 Å². The smallest absolute Gasteiger partial charge is 0.207 e. The lowest BCUT2D eigenvalue weighted by molar-refractivity contribution is -0.121. The molecule has 4 nitrogen and oxygen atoms in total. The predicted octanol–water partition coefficient (Wildman–Crippen LogP) is 2.61. The van der Waals surface area contributed by atoms with Gasteiger partial charge < -0.3 is 0 Å². The van der Waals surface area contributed by atoms with Gasteiger partial charge in [0.1, 0.15) is 12.4 Å². The van der Waals surface area contributed by atoms with Crippen LogP contribution in [0.5, 0.6) is 0 Å². The van der Waals surface area contributed by atoms with Gasteiger partial charge in [0.2, 0.25) is 0 Å². The Hall–Kier alpha value is -1.19. The highest BCUT2D eigenvalue weighted by atomic mass is 32.2. The van der Waals surface area contributed by atoms with Gasteiger partial charge in [-0.1, -0.05) is 19.1 Å². The van der Waals surface area contributed by atoms with Crippen LogP contribution in [0, 0.1) is 5.82 Å². The van der Waals surface area contributed by atoms with Gasteiger partial charge in [-0.05, 0) is 24.6 Å². The SMILES string of the molecule is CCN([C@@H](C)c1ccc(F)cc1)S(=O)(=O)NCC(F)(F)F. The average molecular weight is 328 g/mol. The van der Waals surface area contributed by atoms with Crippen LogP contribution in [0.4, 0.5) is 17.6 Å². The Morgan fingerprint density at radius 2 is 1.76 bits per heavy atom. The molecule has 0 aromatic heterocycles. The van der Waals surface area contributed by atoms with Gasteiger partial charge in [0.05, 0.1) is 0 Å². The second-order valence-corrected chi connectivity index (χ2v) is 6.08. The molecule has 9 heteroatoms. The minimum Gasteiger partial charge on any atom is -0.207 e. The second kappa shape index (κ2) is 6.71. The third-order valence-corrected chi connectivity index (χ3v) is 4.56. The minimum absolute atomic E-state index is 0.0221. The summed E-state index contributed by atoms with van der Waals surface area (Å²) in [5.41, 5.74) is 0.482. The van der Waals surface area contributed by atoms with E-state index in [1.54, 1.807) is 0 Å². The van der Waals surface area contributed by atoms with Gasteiger partial charge in [0.15, 0.2) is 0 Å². The van der Waals surface area contributed by atoms with Crippen molar-refractivity contribution in [1.29, 1.82) is 0 Å². The van der Waals surface area contributed by atoms with Crippen LogP contribution in [0.15, 0.2) is 24.3 Å². The highest BCUT2D eigenvalue weighted by Gasteiger charge is 2.33. The molecule has 1 N–H and O–H groups in total. The lowest BCUT2D eigenvalue weighted by atomic mass is 10.1. The van der Waals surface area contributed by atoms with E-state index in [4.69, 9.17) is 0 Å². The van der Waals surface area contributed by atoms with Crippen LogP contribution in [0.3, 0.4) is 0 Å². The maximum absolute atomic E-state index is 12.8. The van der Waals surface area contributed by atoms with Crippen molar-refractivity contribution in [2.24, 2.45) is 0 Å². The highest BCUT2D eigenvalue weighted by molar-refractivity contribution is 7.87. The molecular formula is C12H16F4N2O2S. The molecule has 0 saturated heterocycles. The Morgan fingerprint density at radius 3 is 2.19 bits per heavy atom. The van der Waals surface area contributed by atoms with E-state index in [-0.39, 0.29) is 6.54 Å². The molecule has 1 aromatic rings. The maximum Gasteiger partial charge on any atom is 0.402 e. The number of nitrogens with zero attached hydrogens (tertiary/aromatic N) is 1. The van der Waals surface area contributed by atoms with Crippen LogP contribution in [-0.2, 0) is 10.2 Å². The summed E-state index contributed by atoms with van der Waals surface area (Å²) in [5, 5.41) is 0. The van der Waals surface area contributed by atoms with Crippen molar-refractivity contribution >= 4 is 10.2 Å². The quantitative estimate of drug-likeness (QED) is 0.816. The first kappa shape index (κ1) is 17.9. The summed E-state index contributed by atoms with van der Waals surface area (Å²) in [5.74, 6) is -0.480. The summed E-state index contributed by atoms with van der Waals surface area (Å²) in [6.07, 6.45) is -4.63. The average Bonchev–Trinajstić information content (AvgIpc) is 2.37. The molecule has 0 aliphatic rings. The van der Waals surface area contributed by atoms with Crippen LogP contribution < -0.4 is 4.72 Å². The number of benzene rings is 1. The van der Waals surface area contributed by atoms with Crippen molar-refractivity contribution in [3.05, 3.63) is 35.6 Å². The molecular weight excluding hydrogens is 312 g/mol. The fourth-order valence-electron chi connectivity index (χ4n) is 1.82. The van der Waals surface area contributed by atoms with E-state index in [0.717, 1.165) is 16.4 Å². The zero-order valence-corrected chi connectivity index (χ0v) is 12.3. The van der Waals surface area contributed by atoms with Gasteiger partial charge in [-0.2, -0.15) is 30.6 Å². The van der Waals surface area contributed by atoms with Gasteiger partial charge in [0.25, 0.3) is 10.2 Å². The molecule has 0 radical (unpaired) electrons. The monoisotopic (exact) mass is 328 g/mol. The van der Waals surface area contributed by atoms with Crippen LogP contribution in [-0.4, -0.2) is 32.0 Å². The van der Waals surface area contributed by atoms with Crippen molar-refractivity contribution in [1.82, 2.24) is 9.03 Å². The van der Waals surface area contributed by atoms with Gasteiger partial charge in [-0.15, -0.1) is 0 Å². The number of halogens is 4. The molecule has 1 atom stereocenters. The van der Waals surface area contributed by atoms with E-state index in [9.17, 15) is 26.0 Å². The van der Waals surface area contributed by atoms with Gasteiger partial charge in [-0.25, -0.2) is 4.39 Å². The van der Waals surface area contributed by atoms with Crippen LogP contribution in [0.2, 0.25) is 0 Å².